The topological polar surface area (TPSA) is 11.4 Å². The fourth-order valence-electron chi connectivity index (χ4n) is 5.42. The zero-order chi connectivity index (χ0) is 26.5. The Morgan fingerprint density at radius 2 is 1.03 bits per heavy atom. The van der Waals surface area contributed by atoms with Gasteiger partial charge in [0.25, 0.3) is 0 Å². The molecule has 0 N–H and O–H groups in total. The molecule has 0 radical (unpaired) electrons. The van der Waals surface area contributed by atoms with Gasteiger partial charge in [-0.1, -0.05) is 36.4 Å². The van der Waals surface area contributed by atoms with Gasteiger partial charge in [-0.15, -0.1) is 26.3 Å². The normalized spacial score (nSPS) is 11.5. The van der Waals surface area contributed by atoms with Gasteiger partial charge in [0.05, 0.1) is 0 Å². The number of aryl methyl sites for hydroxylation is 3. The maximum absolute atomic E-state index is 3.88. The first-order chi connectivity index (χ1) is 18.1. The molecule has 0 saturated heterocycles. The van der Waals surface area contributed by atoms with Gasteiger partial charge in [-0.25, -0.2) is 0 Å². The van der Waals surface area contributed by atoms with E-state index >= 15 is 0 Å². The molecule has 1 aromatic heterocycles. The second kappa shape index (κ2) is 15.4. The molecule has 0 bridgehead atoms. The molecule has 3 nitrogen and oxygen atoms in total. The van der Waals surface area contributed by atoms with E-state index in [1.54, 1.807) is 0 Å². The van der Waals surface area contributed by atoms with E-state index < -0.39 is 0 Å². The Kier molecular flexibility index (Phi) is 11.9. The quantitative estimate of drug-likeness (QED) is 0.124. The van der Waals surface area contributed by atoms with Crippen LogP contribution in [0, 0.1) is 0 Å². The van der Waals surface area contributed by atoms with Crippen LogP contribution in [-0.2, 0) is 19.4 Å². The van der Waals surface area contributed by atoms with Crippen LogP contribution >= 0.6 is 0 Å². The highest BCUT2D eigenvalue weighted by Crippen LogP contribution is 2.31. The molecule has 3 aromatic rings. The minimum atomic E-state index is 0.929. The van der Waals surface area contributed by atoms with Crippen molar-refractivity contribution in [3.63, 3.8) is 0 Å². The summed E-state index contributed by atoms with van der Waals surface area (Å²) in [6.45, 7) is 24.7. The van der Waals surface area contributed by atoms with Crippen molar-refractivity contribution in [1.82, 2.24) is 14.4 Å². The summed E-state index contributed by atoms with van der Waals surface area (Å²) in [4.78, 5) is 4.80. The summed E-state index contributed by atoms with van der Waals surface area (Å²) in [6.07, 6.45) is 14.9. The smallest absolute Gasteiger partial charge is 0.0491 e. The third kappa shape index (κ3) is 8.05. The van der Waals surface area contributed by atoms with Crippen LogP contribution in [0.1, 0.15) is 43.7 Å². The predicted molar refractivity (Wildman–Crippen MR) is 165 cm³/mol. The van der Waals surface area contributed by atoms with Crippen LogP contribution < -0.4 is 0 Å². The summed E-state index contributed by atoms with van der Waals surface area (Å²) in [5.74, 6) is 0. The first-order valence-corrected chi connectivity index (χ1v) is 14.1. The fraction of sp³-hybridized carbons (Fsp3) is 0.412. The molecule has 37 heavy (non-hydrogen) atoms. The molecule has 0 atom stereocenters. The van der Waals surface area contributed by atoms with E-state index in [9.17, 15) is 0 Å². The highest BCUT2D eigenvalue weighted by atomic mass is 15.1. The van der Waals surface area contributed by atoms with Gasteiger partial charge in [-0.3, -0.25) is 9.80 Å². The number of fused-ring (bicyclic) bond motifs is 3. The minimum absolute atomic E-state index is 0.929. The second-order valence-electron chi connectivity index (χ2n) is 10.0. The van der Waals surface area contributed by atoms with Gasteiger partial charge in [0.15, 0.2) is 0 Å². The van der Waals surface area contributed by atoms with E-state index in [0.29, 0.717) is 0 Å². The van der Waals surface area contributed by atoms with Crippen LogP contribution in [0.3, 0.4) is 0 Å². The molecular formula is C34H47N3. The molecule has 3 heteroatoms. The number of benzene rings is 2. The summed E-state index contributed by atoms with van der Waals surface area (Å²) in [5.41, 5.74) is 5.59. The molecule has 2 aromatic carbocycles. The van der Waals surface area contributed by atoms with Crippen molar-refractivity contribution in [2.24, 2.45) is 0 Å². The van der Waals surface area contributed by atoms with E-state index in [2.05, 4.69) is 84.0 Å². The van der Waals surface area contributed by atoms with Crippen LogP contribution in [0.5, 0.6) is 0 Å². The molecule has 0 spiro atoms. The van der Waals surface area contributed by atoms with Crippen LogP contribution in [0.15, 0.2) is 87.0 Å². The average Bonchev–Trinajstić information content (AvgIpc) is 3.21. The lowest BCUT2D eigenvalue weighted by Gasteiger charge is -2.18. The van der Waals surface area contributed by atoms with Crippen LogP contribution in [-0.4, -0.2) is 53.6 Å². The Morgan fingerprint density at radius 3 is 1.38 bits per heavy atom. The zero-order valence-corrected chi connectivity index (χ0v) is 23.1. The van der Waals surface area contributed by atoms with E-state index in [4.69, 9.17) is 0 Å². The third-order valence-corrected chi connectivity index (χ3v) is 7.24. The van der Waals surface area contributed by atoms with Gasteiger partial charge >= 0.3 is 0 Å². The molecule has 1 heterocycles. The van der Waals surface area contributed by atoms with Crippen LogP contribution in [0.25, 0.3) is 21.8 Å². The molecule has 0 unspecified atom stereocenters. The lowest BCUT2D eigenvalue weighted by atomic mass is 10.0. The summed E-state index contributed by atoms with van der Waals surface area (Å²) < 4.78 is 2.46. The number of hydrogen-bond acceptors (Lipinski definition) is 2. The monoisotopic (exact) mass is 497 g/mol. The Hall–Kier alpha value is -2.88. The van der Waals surface area contributed by atoms with Gasteiger partial charge in [-0.2, -0.15) is 0 Å². The Labute approximate surface area is 225 Å². The lowest BCUT2D eigenvalue weighted by molar-refractivity contribution is 0.327. The minimum Gasteiger partial charge on any atom is -0.341 e. The molecule has 3 rings (SSSR count). The molecule has 0 amide bonds. The van der Waals surface area contributed by atoms with Gasteiger partial charge < -0.3 is 4.57 Å². The highest BCUT2D eigenvalue weighted by Gasteiger charge is 2.11. The summed E-state index contributed by atoms with van der Waals surface area (Å²) in [6, 6.07) is 14.2. The van der Waals surface area contributed by atoms with Crippen molar-refractivity contribution >= 4 is 21.8 Å². The first-order valence-electron chi connectivity index (χ1n) is 14.1. The molecule has 0 fully saturated rings. The lowest BCUT2D eigenvalue weighted by Crippen LogP contribution is -2.25. The predicted octanol–water partition coefficient (Wildman–Crippen LogP) is 7.81. The molecule has 0 aliphatic rings. The number of nitrogens with zero attached hydrogens (tertiary/aromatic N) is 3. The second-order valence-corrected chi connectivity index (χ2v) is 10.0. The number of rotatable bonds is 19. The van der Waals surface area contributed by atoms with E-state index in [1.807, 2.05) is 24.3 Å². The standard InChI is InChI=1S/C34H47N3/c1-6-21-35(22-7-2)25-13-11-15-29-17-19-33-31(27-29)32-28-30(18-20-34(32)37(33)10-5)16-12-14-26-36(23-8-3)24-9-4/h6-9,17-20,27-28H,1-4,10-16,21-26H2,5H3. The van der Waals surface area contributed by atoms with Gasteiger partial charge in [0.1, 0.15) is 0 Å². The van der Waals surface area contributed by atoms with Gasteiger partial charge in [0.2, 0.25) is 0 Å². The van der Waals surface area contributed by atoms with Crippen molar-refractivity contribution in [1.29, 1.82) is 0 Å². The third-order valence-electron chi connectivity index (χ3n) is 7.24. The molecule has 0 aliphatic heterocycles. The zero-order valence-electron chi connectivity index (χ0n) is 23.1. The first kappa shape index (κ1) is 28.7. The van der Waals surface area contributed by atoms with E-state index in [-0.39, 0.29) is 0 Å². The summed E-state index contributed by atoms with van der Waals surface area (Å²) in [5, 5.41) is 2.80. The number of unbranched alkanes of at least 4 members (excludes halogenated alkanes) is 2. The van der Waals surface area contributed by atoms with E-state index in [0.717, 1.165) is 58.7 Å². The van der Waals surface area contributed by atoms with Crippen molar-refractivity contribution in [3.8, 4) is 0 Å². The molecule has 0 aliphatic carbocycles. The average molecular weight is 498 g/mol. The largest absolute Gasteiger partial charge is 0.341 e. The van der Waals surface area contributed by atoms with Gasteiger partial charge in [0, 0.05) is 54.5 Å². The SMILES string of the molecule is C=CCN(CC=C)CCCCc1ccc2c(c1)c1cc(CCCCN(CC=C)CC=C)ccc1n2CC. The Bertz CT molecular complexity index is 1060. The summed E-state index contributed by atoms with van der Waals surface area (Å²) in [7, 11) is 0. The van der Waals surface area contributed by atoms with Crippen LogP contribution in [0.4, 0.5) is 0 Å². The number of aromatic nitrogens is 1. The van der Waals surface area contributed by atoms with Crippen LogP contribution in [0.2, 0.25) is 0 Å². The Balaban J connectivity index is 1.68. The fourth-order valence-corrected chi connectivity index (χ4v) is 5.42. The van der Waals surface area contributed by atoms with Crippen molar-refractivity contribution < 1.29 is 0 Å². The van der Waals surface area contributed by atoms with Crippen molar-refractivity contribution in [2.45, 2.75) is 52.0 Å². The molecular weight excluding hydrogens is 450 g/mol. The molecule has 198 valence electrons. The van der Waals surface area contributed by atoms with Crippen molar-refractivity contribution in [2.75, 3.05) is 39.3 Å². The van der Waals surface area contributed by atoms with E-state index in [1.165, 1.54) is 58.6 Å². The molecule has 0 saturated carbocycles. The Morgan fingerprint density at radius 1 is 0.622 bits per heavy atom. The van der Waals surface area contributed by atoms with Gasteiger partial charge in [-0.05, 0) is 93.9 Å². The van der Waals surface area contributed by atoms with Crippen molar-refractivity contribution in [3.05, 3.63) is 98.1 Å². The maximum atomic E-state index is 3.88. The summed E-state index contributed by atoms with van der Waals surface area (Å²) >= 11 is 0. The number of hydrogen-bond donors (Lipinski definition) is 0. The maximum Gasteiger partial charge on any atom is 0.0491 e. The highest BCUT2D eigenvalue weighted by molar-refractivity contribution is 6.08.